The molecule has 1 fully saturated rings. The van der Waals surface area contributed by atoms with E-state index in [2.05, 4.69) is 15.5 Å². The minimum atomic E-state index is -0.312. The van der Waals surface area contributed by atoms with Crippen molar-refractivity contribution in [3.63, 3.8) is 0 Å². The van der Waals surface area contributed by atoms with Crippen molar-refractivity contribution in [2.24, 2.45) is 0 Å². The van der Waals surface area contributed by atoms with Crippen molar-refractivity contribution in [3.05, 3.63) is 78.5 Å². The van der Waals surface area contributed by atoms with Crippen LogP contribution in [0.1, 0.15) is 25.0 Å². The Balaban J connectivity index is 1.23. The zero-order valence-corrected chi connectivity index (χ0v) is 22.4. The Hall–Kier alpha value is -4.30. The molecule has 8 nitrogen and oxygen atoms in total. The second-order valence-electron chi connectivity index (χ2n) is 9.59. The average molecular weight is 527 g/mol. The number of rotatable bonds is 9. The number of likely N-dealkylation sites (tertiary alicyclic amines) is 1. The van der Waals surface area contributed by atoms with Gasteiger partial charge in [-0.2, -0.15) is 0 Å². The van der Waals surface area contributed by atoms with Gasteiger partial charge in [0.25, 0.3) is 0 Å². The fourth-order valence-corrected chi connectivity index (χ4v) is 4.65. The molecule has 1 aliphatic heterocycles. The number of para-hydroxylation sites is 1. The summed E-state index contributed by atoms with van der Waals surface area (Å²) in [5, 5.41) is 6.51. The van der Waals surface area contributed by atoms with Gasteiger partial charge in [-0.1, -0.05) is 24.6 Å². The molecule has 1 saturated heterocycles. The second kappa shape index (κ2) is 12.5. The number of hydrogen-bond acceptors (Lipinski definition) is 6. The van der Waals surface area contributed by atoms with Gasteiger partial charge in [-0.25, -0.2) is 9.78 Å². The van der Waals surface area contributed by atoms with E-state index < -0.39 is 0 Å². The van der Waals surface area contributed by atoms with Crippen LogP contribution in [-0.4, -0.2) is 49.3 Å². The van der Waals surface area contributed by atoms with E-state index in [1.54, 1.807) is 19.2 Å². The Morgan fingerprint density at radius 3 is 2.28 bits per heavy atom. The third-order valence-electron chi connectivity index (χ3n) is 6.73. The molecule has 0 unspecified atom stereocenters. The lowest BCUT2D eigenvalue weighted by Crippen LogP contribution is -2.33. The van der Waals surface area contributed by atoms with Gasteiger partial charge in [-0.05, 0) is 81.4 Å². The van der Waals surface area contributed by atoms with Crippen molar-refractivity contribution in [2.45, 2.75) is 26.2 Å². The maximum atomic E-state index is 12.3. The van der Waals surface area contributed by atoms with Gasteiger partial charge in [0.1, 0.15) is 18.1 Å². The molecule has 1 aromatic heterocycles. The molecule has 3 aromatic carbocycles. The van der Waals surface area contributed by atoms with Gasteiger partial charge in [0.05, 0.1) is 18.3 Å². The summed E-state index contributed by atoms with van der Waals surface area (Å²) < 4.78 is 17.9. The highest BCUT2D eigenvalue weighted by Gasteiger charge is 2.14. The number of nitrogens with one attached hydrogen (secondary N) is 2. The summed E-state index contributed by atoms with van der Waals surface area (Å²) in [6.45, 7) is 5.72. The lowest BCUT2D eigenvalue weighted by molar-refractivity contribution is 0.181. The summed E-state index contributed by atoms with van der Waals surface area (Å²) in [6.07, 6.45) is 3.85. The topological polar surface area (TPSA) is 85.0 Å². The van der Waals surface area contributed by atoms with Gasteiger partial charge in [0.2, 0.25) is 0 Å². The fourth-order valence-electron chi connectivity index (χ4n) is 4.65. The van der Waals surface area contributed by atoms with Crippen molar-refractivity contribution in [3.8, 4) is 23.0 Å². The van der Waals surface area contributed by atoms with Gasteiger partial charge >= 0.3 is 6.03 Å². The highest BCUT2D eigenvalue weighted by Crippen LogP contribution is 2.35. The Bertz CT molecular complexity index is 1400. The lowest BCUT2D eigenvalue weighted by atomic mass is 10.1. The van der Waals surface area contributed by atoms with Gasteiger partial charge in [0.15, 0.2) is 11.5 Å². The van der Waals surface area contributed by atoms with Crippen LogP contribution in [0, 0.1) is 6.92 Å². The predicted molar refractivity (Wildman–Crippen MR) is 154 cm³/mol. The van der Waals surface area contributed by atoms with Gasteiger partial charge < -0.3 is 24.8 Å². The summed E-state index contributed by atoms with van der Waals surface area (Å²) in [4.78, 5) is 19.5. The Kier molecular flexibility index (Phi) is 8.43. The number of fused-ring (bicyclic) bond motifs is 1. The van der Waals surface area contributed by atoms with E-state index in [0.29, 0.717) is 35.3 Å². The number of carbonyl (C=O) groups excluding carboxylic acids is 1. The summed E-state index contributed by atoms with van der Waals surface area (Å²) in [5.74, 6) is 2.65. The largest absolute Gasteiger partial charge is 0.493 e. The maximum absolute atomic E-state index is 12.3. The summed E-state index contributed by atoms with van der Waals surface area (Å²) >= 11 is 0. The molecule has 2 heterocycles. The number of hydrogen-bond donors (Lipinski definition) is 2. The van der Waals surface area contributed by atoms with Crippen LogP contribution in [0.3, 0.4) is 0 Å². The summed E-state index contributed by atoms with van der Waals surface area (Å²) in [6, 6.07) is 22.0. The van der Waals surface area contributed by atoms with Gasteiger partial charge in [-0.3, -0.25) is 4.90 Å². The molecule has 0 bridgehead atoms. The highest BCUT2D eigenvalue weighted by atomic mass is 16.5. The first-order chi connectivity index (χ1) is 19.1. The molecule has 0 atom stereocenters. The predicted octanol–water partition coefficient (Wildman–Crippen LogP) is 6.85. The second-order valence-corrected chi connectivity index (χ2v) is 9.59. The molecule has 5 rings (SSSR count). The Morgan fingerprint density at radius 1 is 0.872 bits per heavy atom. The van der Waals surface area contributed by atoms with Gasteiger partial charge in [-0.15, -0.1) is 0 Å². The van der Waals surface area contributed by atoms with E-state index in [1.165, 1.54) is 19.3 Å². The maximum Gasteiger partial charge on any atom is 0.323 e. The number of urea groups is 1. The number of benzene rings is 3. The summed E-state index contributed by atoms with van der Waals surface area (Å²) in [5.41, 5.74) is 2.96. The quantitative estimate of drug-likeness (QED) is 0.248. The van der Waals surface area contributed by atoms with Crippen LogP contribution in [-0.2, 0) is 0 Å². The van der Waals surface area contributed by atoms with Crippen LogP contribution in [0.5, 0.6) is 23.0 Å². The van der Waals surface area contributed by atoms with E-state index >= 15 is 0 Å². The third-order valence-corrected chi connectivity index (χ3v) is 6.73. The molecule has 2 amide bonds. The smallest absolute Gasteiger partial charge is 0.323 e. The first-order valence-corrected chi connectivity index (χ1v) is 13.3. The minimum absolute atomic E-state index is 0.312. The summed E-state index contributed by atoms with van der Waals surface area (Å²) in [7, 11) is 1.65. The third kappa shape index (κ3) is 6.97. The zero-order valence-electron chi connectivity index (χ0n) is 22.4. The molecule has 202 valence electrons. The SMILES string of the molecule is COc1cc2cc(Oc3ccc(NC(=O)Nc4ccccc4)cc3)c(C)nc2cc1OCCN1CCCCC1. The number of carbonyl (C=O) groups is 1. The molecule has 2 N–H and O–H groups in total. The Labute approximate surface area is 228 Å². The number of aryl methyl sites for hydroxylation is 1. The fraction of sp³-hybridized carbons (Fsp3) is 0.290. The van der Waals surface area contributed by atoms with Crippen LogP contribution < -0.4 is 24.8 Å². The molecule has 39 heavy (non-hydrogen) atoms. The van der Waals surface area contributed by atoms with E-state index in [0.717, 1.165) is 41.9 Å². The first kappa shape index (κ1) is 26.3. The van der Waals surface area contributed by atoms with Crippen LogP contribution in [0.2, 0.25) is 0 Å². The monoisotopic (exact) mass is 526 g/mol. The Morgan fingerprint density at radius 2 is 1.56 bits per heavy atom. The van der Waals surface area contributed by atoms with Gasteiger partial charge in [0, 0.05) is 29.4 Å². The normalized spacial score (nSPS) is 13.6. The van der Waals surface area contributed by atoms with E-state index in [4.69, 9.17) is 19.2 Å². The van der Waals surface area contributed by atoms with Crippen LogP contribution in [0.4, 0.5) is 16.2 Å². The van der Waals surface area contributed by atoms with E-state index in [9.17, 15) is 4.79 Å². The van der Waals surface area contributed by atoms with Crippen molar-refractivity contribution in [1.29, 1.82) is 0 Å². The van der Waals surface area contributed by atoms with Crippen molar-refractivity contribution >= 4 is 28.3 Å². The number of ether oxygens (including phenoxy) is 3. The number of nitrogens with zero attached hydrogens (tertiary/aromatic N) is 2. The molecular formula is C31H34N4O4. The average Bonchev–Trinajstić information content (AvgIpc) is 2.95. The molecule has 0 aliphatic carbocycles. The lowest BCUT2D eigenvalue weighted by Gasteiger charge is -2.26. The minimum Gasteiger partial charge on any atom is -0.493 e. The van der Waals surface area contributed by atoms with Crippen LogP contribution in [0.25, 0.3) is 10.9 Å². The van der Waals surface area contributed by atoms with Crippen LogP contribution >= 0.6 is 0 Å². The molecule has 8 heteroatoms. The number of aromatic nitrogens is 1. The number of anilines is 2. The van der Waals surface area contributed by atoms with Crippen LogP contribution in [0.15, 0.2) is 72.8 Å². The number of pyridine rings is 1. The van der Waals surface area contributed by atoms with E-state index in [-0.39, 0.29) is 6.03 Å². The van der Waals surface area contributed by atoms with Crippen molar-refractivity contribution in [2.75, 3.05) is 44.0 Å². The van der Waals surface area contributed by atoms with E-state index in [1.807, 2.05) is 67.6 Å². The van der Waals surface area contributed by atoms with Crippen molar-refractivity contribution < 1.29 is 19.0 Å². The highest BCUT2D eigenvalue weighted by molar-refractivity contribution is 5.99. The molecule has 4 aromatic rings. The molecule has 0 radical (unpaired) electrons. The molecule has 1 aliphatic rings. The number of piperidine rings is 1. The van der Waals surface area contributed by atoms with Crippen molar-refractivity contribution in [1.82, 2.24) is 9.88 Å². The standard InChI is InChI=1S/C31H34N4O4/c1-22-28(39-26-13-11-25(12-14-26)34-31(36)33-24-9-5-3-6-10-24)19-23-20-29(37-2)30(21-27(23)32-22)38-18-17-35-15-7-4-8-16-35/h3,5-6,9-14,19-21H,4,7-8,15-18H2,1-2H3,(H2,33,34,36). The molecule has 0 spiro atoms. The molecular weight excluding hydrogens is 492 g/mol. The number of amides is 2. The molecule has 0 saturated carbocycles. The first-order valence-electron chi connectivity index (χ1n) is 13.3. The zero-order chi connectivity index (χ0) is 27.0. The number of methoxy groups -OCH3 is 1.